The van der Waals surface area contributed by atoms with Crippen LogP contribution in [0.15, 0.2) is 41.4 Å². The lowest BCUT2D eigenvalue weighted by Gasteiger charge is -2.20. The number of nitrogens with zero attached hydrogens (tertiary/aromatic N) is 4. The van der Waals surface area contributed by atoms with E-state index in [4.69, 9.17) is 24.8 Å². The quantitative estimate of drug-likeness (QED) is 0.345. The van der Waals surface area contributed by atoms with E-state index in [1.807, 2.05) is 16.7 Å². The molecule has 1 aromatic carbocycles. The van der Waals surface area contributed by atoms with Crippen LogP contribution in [0.3, 0.4) is 0 Å². The van der Waals surface area contributed by atoms with Crippen molar-refractivity contribution in [2.45, 2.75) is 54.5 Å². The highest BCUT2D eigenvalue weighted by atomic mass is 32.2. The van der Waals surface area contributed by atoms with Crippen LogP contribution in [0.5, 0.6) is 0 Å². The first-order valence-corrected chi connectivity index (χ1v) is 16.2. The standard InChI is InChI=1S/C25H30FN5.2CH4O3S/c1-24(2,3)14-31-22-19(29-23(31)27)12-11-18(28-22)17-13-20(25(4,5)6)30-21(17)15-7-9-16(26)10-8-15;2*1-5(2,3)4/h7-12H,13-14H2,1-6H3,(H2,27,29);2*1H3,(H,2,3,4). The minimum absolute atomic E-state index is 0.0356. The molecule has 41 heavy (non-hydrogen) atoms. The number of rotatable bonds is 3. The zero-order valence-electron chi connectivity index (χ0n) is 24.5. The topological polar surface area (TPSA) is 178 Å². The van der Waals surface area contributed by atoms with E-state index >= 15 is 0 Å². The molecule has 2 aromatic heterocycles. The third-order valence-electron chi connectivity index (χ3n) is 5.42. The minimum Gasteiger partial charge on any atom is -0.369 e. The first-order valence-electron chi connectivity index (χ1n) is 12.5. The summed E-state index contributed by atoms with van der Waals surface area (Å²) in [6.45, 7) is 13.7. The van der Waals surface area contributed by atoms with E-state index in [1.165, 1.54) is 12.1 Å². The van der Waals surface area contributed by atoms with Gasteiger partial charge in [0.1, 0.15) is 11.3 Å². The lowest BCUT2D eigenvalue weighted by molar-refractivity contribution is 0.350. The van der Waals surface area contributed by atoms with E-state index in [0.717, 1.165) is 45.9 Å². The van der Waals surface area contributed by atoms with Crippen LogP contribution in [0.4, 0.5) is 10.3 Å². The number of nitrogens with two attached hydrogens (primary N) is 1. The molecule has 1 aliphatic rings. The Kier molecular flexibility index (Phi) is 10.2. The number of hydrogen-bond donors (Lipinski definition) is 3. The maximum atomic E-state index is 13.5. The summed E-state index contributed by atoms with van der Waals surface area (Å²) >= 11 is 0. The van der Waals surface area contributed by atoms with Gasteiger partial charge in [0.15, 0.2) is 5.65 Å². The van der Waals surface area contributed by atoms with Crippen molar-refractivity contribution in [1.29, 1.82) is 0 Å². The summed E-state index contributed by atoms with van der Waals surface area (Å²) in [5.74, 6) is 0.213. The Labute approximate surface area is 240 Å². The molecule has 4 N–H and O–H groups in total. The summed E-state index contributed by atoms with van der Waals surface area (Å²) in [5, 5.41) is 0. The average molecular weight is 612 g/mol. The third-order valence-corrected chi connectivity index (χ3v) is 5.42. The summed E-state index contributed by atoms with van der Waals surface area (Å²) in [6, 6.07) is 10.5. The Hall–Kier alpha value is -3.20. The van der Waals surface area contributed by atoms with Crippen molar-refractivity contribution in [2.24, 2.45) is 15.8 Å². The Bertz CT molecular complexity index is 1630. The van der Waals surface area contributed by atoms with Crippen molar-refractivity contribution in [2.75, 3.05) is 18.2 Å². The predicted molar refractivity (Wildman–Crippen MR) is 161 cm³/mol. The SMILES string of the molecule is CC(C)(C)Cn1c(N)nc2ccc(C3=C(c4ccc(F)cc4)N=C(C(C)(C)C)C3)nc21.CS(=O)(=O)O.CS(=O)(=O)O. The number of anilines is 1. The summed E-state index contributed by atoms with van der Waals surface area (Å²) in [6.07, 6.45) is 2.14. The van der Waals surface area contributed by atoms with E-state index in [1.54, 1.807) is 12.1 Å². The fourth-order valence-electron chi connectivity index (χ4n) is 3.80. The zero-order valence-corrected chi connectivity index (χ0v) is 26.1. The van der Waals surface area contributed by atoms with E-state index in [2.05, 4.69) is 46.5 Å². The minimum atomic E-state index is -3.67. The Balaban J connectivity index is 0.000000507. The number of fused-ring (bicyclic) bond motifs is 1. The number of nitrogen functional groups attached to an aromatic ring is 1. The number of aromatic nitrogens is 3. The number of halogens is 1. The lowest BCUT2D eigenvalue weighted by atomic mass is 9.86. The highest BCUT2D eigenvalue weighted by Crippen LogP contribution is 2.39. The molecule has 3 aromatic rings. The van der Waals surface area contributed by atoms with Crippen molar-refractivity contribution >= 4 is 54.3 Å². The molecule has 0 radical (unpaired) electrons. The molecule has 226 valence electrons. The predicted octanol–water partition coefficient (Wildman–Crippen LogP) is 4.97. The van der Waals surface area contributed by atoms with Crippen LogP contribution in [0, 0.1) is 16.6 Å². The van der Waals surface area contributed by atoms with Crippen molar-refractivity contribution in [1.82, 2.24) is 14.5 Å². The normalized spacial score (nSPS) is 14.3. The molecule has 0 saturated carbocycles. The Morgan fingerprint density at radius 3 is 1.88 bits per heavy atom. The molecule has 14 heteroatoms. The molecule has 0 fully saturated rings. The van der Waals surface area contributed by atoms with Gasteiger partial charge in [-0.15, -0.1) is 0 Å². The number of imidazole rings is 1. The van der Waals surface area contributed by atoms with Crippen molar-refractivity contribution in [3.8, 4) is 0 Å². The van der Waals surface area contributed by atoms with Gasteiger partial charge in [-0.05, 0) is 41.8 Å². The molecule has 3 heterocycles. The second-order valence-electron chi connectivity index (χ2n) is 11.9. The molecule has 1 aliphatic heterocycles. The van der Waals surface area contributed by atoms with E-state index in [-0.39, 0.29) is 16.6 Å². The number of aliphatic imine (C=N–C) groups is 1. The maximum Gasteiger partial charge on any atom is 0.261 e. The van der Waals surface area contributed by atoms with Crippen LogP contribution in [-0.2, 0) is 26.8 Å². The van der Waals surface area contributed by atoms with Gasteiger partial charge in [-0.2, -0.15) is 16.8 Å². The first-order chi connectivity index (χ1) is 18.4. The average Bonchev–Trinajstić information content (AvgIpc) is 3.33. The van der Waals surface area contributed by atoms with Gasteiger partial charge >= 0.3 is 0 Å². The molecule has 0 bridgehead atoms. The molecule has 0 spiro atoms. The molecule has 0 saturated heterocycles. The highest BCUT2D eigenvalue weighted by molar-refractivity contribution is 7.85. The summed E-state index contributed by atoms with van der Waals surface area (Å²) in [5.41, 5.74) is 12.5. The van der Waals surface area contributed by atoms with Crippen LogP contribution in [0.25, 0.3) is 22.4 Å². The monoisotopic (exact) mass is 611 g/mol. The molecule has 0 unspecified atom stereocenters. The van der Waals surface area contributed by atoms with Crippen LogP contribution < -0.4 is 5.73 Å². The summed E-state index contributed by atoms with van der Waals surface area (Å²) in [4.78, 5) is 14.5. The van der Waals surface area contributed by atoms with Gasteiger partial charge in [0.25, 0.3) is 20.2 Å². The van der Waals surface area contributed by atoms with Crippen molar-refractivity contribution in [3.05, 3.63) is 53.5 Å². The second-order valence-corrected chi connectivity index (χ2v) is 14.9. The van der Waals surface area contributed by atoms with E-state index in [9.17, 15) is 21.2 Å². The van der Waals surface area contributed by atoms with E-state index in [0.29, 0.717) is 24.9 Å². The fraction of sp³-hybridized carbons (Fsp3) is 0.444. The van der Waals surface area contributed by atoms with Crippen molar-refractivity contribution in [3.63, 3.8) is 0 Å². The Morgan fingerprint density at radius 1 is 0.902 bits per heavy atom. The smallest absolute Gasteiger partial charge is 0.261 e. The van der Waals surface area contributed by atoms with Gasteiger partial charge < -0.3 is 5.73 Å². The van der Waals surface area contributed by atoms with Gasteiger partial charge in [-0.3, -0.25) is 18.7 Å². The Morgan fingerprint density at radius 2 is 1.41 bits per heavy atom. The van der Waals surface area contributed by atoms with Gasteiger partial charge in [0, 0.05) is 35.2 Å². The van der Waals surface area contributed by atoms with Gasteiger partial charge in [-0.1, -0.05) is 41.5 Å². The number of allylic oxidation sites excluding steroid dienone is 1. The van der Waals surface area contributed by atoms with Gasteiger partial charge in [0.2, 0.25) is 5.95 Å². The number of benzene rings is 1. The van der Waals surface area contributed by atoms with Crippen LogP contribution in [0.2, 0.25) is 0 Å². The summed E-state index contributed by atoms with van der Waals surface area (Å²) < 4.78 is 67.3. The van der Waals surface area contributed by atoms with E-state index < -0.39 is 20.2 Å². The molecular formula is C27H38FN5O6S2. The van der Waals surface area contributed by atoms with Crippen molar-refractivity contribution < 1.29 is 30.3 Å². The molecule has 4 rings (SSSR count). The number of pyridine rings is 1. The van der Waals surface area contributed by atoms with Crippen LogP contribution in [-0.4, -0.2) is 58.7 Å². The largest absolute Gasteiger partial charge is 0.369 e. The van der Waals surface area contributed by atoms with Gasteiger partial charge in [-0.25, -0.2) is 14.4 Å². The second kappa shape index (κ2) is 12.3. The third kappa shape index (κ3) is 11.3. The first kappa shape index (κ1) is 34.0. The number of hydrogen-bond acceptors (Lipinski definition) is 8. The van der Waals surface area contributed by atoms with Crippen LogP contribution >= 0.6 is 0 Å². The molecule has 0 amide bonds. The van der Waals surface area contributed by atoms with Gasteiger partial charge in [0.05, 0.1) is 23.9 Å². The fourth-order valence-corrected chi connectivity index (χ4v) is 3.80. The lowest BCUT2D eigenvalue weighted by Crippen LogP contribution is -2.18. The maximum absolute atomic E-state index is 13.5. The zero-order chi connectivity index (χ0) is 31.6. The molecule has 11 nitrogen and oxygen atoms in total. The highest BCUT2D eigenvalue weighted by Gasteiger charge is 2.29. The van der Waals surface area contributed by atoms with Crippen LogP contribution in [0.1, 0.15) is 59.2 Å². The molecule has 0 atom stereocenters. The molecule has 0 aliphatic carbocycles. The summed E-state index contributed by atoms with van der Waals surface area (Å²) in [7, 11) is -7.33. The molecular weight excluding hydrogens is 573 g/mol.